The molecular formula is C15H21N5. The van der Waals surface area contributed by atoms with E-state index in [1.54, 1.807) is 12.5 Å². The number of aromatic nitrogens is 4. The molecule has 2 aromatic rings. The minimum Gasteiger partial charge on any atom is -0.310 e. The molecule has 106 valence electrons. The van der Waals surface area contributed by atoms with Gasteiger partial charge in [-0.15, -0.1) is 0 Å². The Labute approximate surface area is 119 Å². The van der Waals surface area contributed by atoms with Crippen LogP contribution < -0.4 is 5.32 Å². The Bertz CT molecular complexity index is 571. The first-order valence-electron chi connectivity index (χ1n) is 7.42. The monoisotopic (exact) mass is 271 g/mol. The maximum Gasteiger partial charge on any atom is 0.156 e. The number of rotatable bonds is 6. The fourth-order valence-electron chi connectivity index (χ4n) is 2.52. The van der Waals surface area contributed by atoms with Crippen LogP contribution >= 0.6 is 0 Å². The van der Waals surface area contributed by atoms with Gasteiger partial charge in [-0.05, 0) is 25.7 Å². The second-order valence-electron chi connectivity index (χ2n) is 5.21. The summed E-state index contributed by atoms with van der Waals surface area (Å²) >= 11 is 0. The van der Waals surface area contributed by atoms with E-state index in [0.29, 0.717) is 6.04 Å². The van der Waals surface area contributed by atoms with Gasteiger partial charge < -0.3 is 5.32 Å². The molecule has 0 amide bonds. The van der Waals surface area contributed by atoms with Crippen molar-refractivity contribution in [3.8, 4) is 5.82 Å². The van der Waals surface area contributed by atoms with E-state index >= 15 is 0 Å². The fourth-order valence-corrected chi connectivity index (χ4v) is 2.52. The van der Waals surface area contributed by atoms with Crippen LogP contribution in [0.25, 0.3) is 5.82 Å². The summed E-state index contributed by atoms with van der Waals surface area (Å²) in [6, 6.07) is 2.62. The first-order valence-corrected chi connectivity index (χ1v) is 7.42. The summed E-state index contributed by atoms with van der Waals surface area (Å²) in [5.74, 6) is 0.851. The number of aryl methyl sites for hydroxylation is 1. The Hall–Kier alpha value is -1.75. The first-order chi connectivity index (χ1) is 9.83. The van der Waals surface area contributed by atoms with Crippen LogP contribution in [0.1, 0.15) is 43.6 Å². The molecule has 20 heavy (non-hydrogen) atoms. The zero-order valence-corrected chi connectivity index (χ0v) is 12.1. The van der Waals surface area contributed by atoms with E-state index in [9.17, 15) is 0 Å². The van der Waals surface area contributed by atoms with Gasteiger partial charge in [0.25, 0.3) is 0 Å². The summed E-state index contributed by atoms with van der Waals surface area (Å²) in [5.41, 5.74) is 3.78. The fraction of sp³-hybridized carbons (Fsp3) is 0.533. The van der Waals surface area contributed by atoms with Gasteiger partial charge in [-0.2, -0.15) is 5.10 Å². The van der Waals surface area contributed by atoms with E-state index in [1.807, 2.05) is 10.7 Å². The van der Waals surface area contributed by atoms with Gasteiger partial charge in [0.1, 0.15) is 6.33 Å². The normalized spacial score (nSPS) is 14.7. The SMILES string of the molecule is CCc1nn(-c2ccncn2)c(CC)c1CNC1CC1. The second-order valence-corrected chi connectivity index (χ2v) is 5.21. The van der Waals surface area contributed by atoms with Crippen molar-refractivity contribution in [1.82, 2.24) is 25.1 Å². The third-order valence-electron chi connectivity index (χ3n) is 3.77. The number of nitrogens with one attached hydrogen (secondary N) is 1. The number of hydrogen-bond donors (Lipinski definition) is 1. The lowest BCUT2D eigenvalue weighted by atomic mass is 10.1. The summed E-state index contributed by atoms with van der Waals surface area (Å²) in [7, 11) is 0. The van der Waals surface area contributed by atoms with Crippen LogP contribution in [0.4, 0.5) is 0 Å². The maximum absolute atomic E-state index is 4.75. The Balaban J connectivity index is 1.97. The first kappa shape index (κ1) is 13.2. The van der Waals surface area contributed by atoms with Gasteiger partial charge >= 0.3 is 0 Å². The molecule has 1 N–H and O–H groups in total. The minimum absolute atomic E-state index is 0.715. The highest BCUT2D eigenvalue weighted by Gasteiger charge is 2.23. The van der Waals surface area contributed by atoms with E-state index < -0.39 is 0 Å². The summed E-state index contributed by atoms with van der Waals surface area (Å²) in [6.45, 7) is 5.25. The van der Waals surface area contributed by atoms with Crippen LogP contribution in [0.2, 0.25) is 0 Å². The predicted molar refractivity (Wildman–Crippen MR) is 77.8 cm³/mol. The maximum atomic E-state index is 4.75. The predicted octanol–water partition coefficient (Wildman–Crippen LogP) is 2.04. The van der Waals surface area contributed by atoms with E-state index in [1.165, 1.54) is 29.8 Å². The van der Waals surface area contributed by atoms with E-state index in [2.05, 4.69) is 29.1 Å². The third-order valence-corrected chi connectivity index (χ3v) is 3.77. The lowest BCUT2D eigenvalue weighted by molar-refractivity contribution is 0.676. The highest BCUT2D eigenvalue weighted by Crippen LogP contribution is 2.23. The highest BCUT2D eigenvalue weighted by molar-refractivity contribution is 5.33. The Kier molecular flexibility index (Phi) is 3.78. The van der Waals surface area contributed by atoms with Crippen molar-refractivity contribution < 1.29 is 0 Å². The zero-order chi connectivity index (χ0) is 13.9. The van der Waals surface area contributed by atoms with Gasteiger partial charge in [-0.3, -0.25) is 0 Å². The highest BCUT2D eigenvalue weighted by atomic mass is 15.3. The molecule has 1 aliphatic carbocycles. The number of nitrogens with zero attached hydrogens (tertiary/aromatic N) is 4. The average Bonchev–Trinajstić information content (AvgIpc) is 3.25. The van der Waals surface area contributed by atoms with Crippen molar-refractivity contribution in [2.24, 2.45) is 0 Å². The second kappa shape index (κ2) is 5.71. The largest absolute Gasteiger partial charge is 0.310 e. The van der Waals surface area contributed by atoms with Crippen LogP contribution in [-0.2, 0) is 19.4 Å². The van der Waals surface area contributed by atoms with Gasteiger partial charge in [0.05, 0.1) is 11.4 Å². The lowest BCUT2D eigenvalue weighted by Gasteiger charge is -2.07. The summed E-state index contributed by atoms with van der Waals surface area (Å²) in [4.78, 5) is 8.30. The molecule has 1 aliphatic rings. The van der Waals surface area contributed by atoms with Gasteiger partial charge in [-0.25, -0.2) is 14.6 Å². The van der Waals surface area contributed by atoms with Crippen molar-refractivity contribution in [3.63, 3.8) is 0 Å². The van der Waals surface area contributed by atoms with Crippen molar-refractivity contribution >= 4 is 0 Å². The molecule has 2 heterocycles. The Morgan fingerprint density at radius 2 is 2.15 bits per heavy atom. The average molecular weight is 271 g/mol. The van der Waals surface area contributed by atoms with Crippen LogP contribution in [0.15, 0.2) is 18.6 Å². The molecule has 2 aromatic heterocycles. The van der Waals surface area contributed by atoms with Gasteiger partial charge in [0.2, 0.25) is 0 Å². The molecule has 0 atom stereocenters. The lowest BCUT2D eigenvalue weighted by Crippen LogP contribution is -2.17. The van der Waals surface area contributed by atoms with Crippen LogP contribution in [0, 0.1) is 0 Å². The molecular weight excluding hydrogens is 250 g/mol. The zero-order valence-electron chi connectivity index (χ0n) is 12.1. The molecule has 0 radical (unpaired) electrons. The van der Waals surface area contributed by atoms with Gasteiger partial charge in [0, 0.05) is 30.4 Å². The van der Waals surface area contributed by atoms with Gasteiger partial charge in [0.15, 0.2) is 5.82 Å². The topological polar surface area (TPSA) is 55.6 Å². The van der Waals surface area contributed by atoms with Gasteiger partial charge in [-0.1, -0.05) is 13.8 Å². The van der Waals surface area contributed by atoms with Crippen molar-refractivity contribution in [2.45, 2.75) is 52.1 Å². The van der Waals surface area contributed by atoms with Crippen LogP contribution in [-0.4, -0.2) is 25.8 Å². The number of hydrogen-bond acceptors (Lipinski definition) is 4. The molecule has 3 rings (SSSR count). The molecule has 0 unspecified atom stereocenters. The van der Waals surface area contributed by atoms with E-state index in [-0.39, 0.29) is 0 Å². The molecule has 0 bridgehead atoms. The molecule has 5 heteroatoms. The van der Waals surface area contributed by atoms with E-state index in [0.717, 1.165) is 25.2 Å². The summed E-state index contributed by atoms with van der Waals surface area (Å²) in [6.07, 6.45) is 7.86. The summed E-state index contributed by atoms with van der Waals surface area (Å²) < 4.78 is 1.98. The van der Waals surface area contributed by atoms with Crippen molar-refractivity contribution in [2.75, 3.05) is 0 Å². The summed E-state index contributed by atoms with van der Waals surface area (Å²) in [5, 5.41) is 8.36. The molecule has 1 fully saturated rings. The van der Waals surface area contributed by atoms with Crippen LogP contribution in [0.5, 0.6) is 0 Å². The van der Waals surface area contributed by atoms with Crippen LogP contribution in [0.3, 0.4) is 0 Å². The van der Waals surface area contributed by atoms with Crippen molar-refractivity contribution in [3.05, 3.63) is 35.5 Å². The van der Waals surface area contributed by atoms with Crippen molar-refractivity contribution in [1.29, 1.82) is 0 Å². The Morgan fingerprint density at radius 3 is 2.75 bits per heavy atom. The Morgan fingerprint density at radius 1 is 1.30 bits per heavy atom. The minimum atomic E-state index is 0.715. The van der Waals surface area contributed by atoms with E-state index in [4.69, 9.17) is 5.10 Å². The molecule has 5 nitrogen and oxygen atoms in total. The standard InChI is InChI=1S/C15H21N5/c1-3-13-12(9-17-11-5-6-11)14(4-2)20(19-13)15-7-8-16-10-18-15/h7-8,10-11,17H,3-6,9H2,1-2H3. The quantitative estimate of drug-likeness (QED) is 0.873. The molecule has 0 aromatic carbocycles. The smallest absolute Gasteiger partial charge is 0.156 e. The molecule has 0 aliphatic heterocycles. The molecule has 0 saturated heterocycles. The third kappa shape index (κ3) is 2.58. The molecule has 0 spiro atoms. The molecule has 1 saturated carbocycles.